The van der Waals surface area contributed by atoms with Gasteiger partial charge in [-0.3, -0.25) is 0 Å². The van der Waals surface area contributed by atoms with Crippen molar-refractivity contribution < 1.29 is 18.0 Å². The number of nitrogens with one attached hydrogen (secondary N) is 1. The smallest absolute Gasteiger partial charge is 0.391 e. The molecule has 4 nitrogen and oxygen atoms in total. The maximum atomic E-state index is 12.0. The van der Waals surface area contributed by atoms with Crippen molar-refractivity contribution in [1.29, 1.82) is 0 Å². The maximum Gasteiger partial charge on any atom is 0.394 e. The average Bonchev–Trinajstić information content (AvgIpc) is 2.50. The van der Waals surface area contributed by atoms with E-state index in [2.05, 4.69) is 10.5 Å². The van der Waals surface area contributed by atoms with Crippen LogP contribution in [0, 0.1) is 0 Å². The Bertz CT molecular complexity index is 230. The minimum Gasteiger partial charge on any atom is -0.391 e. The molecule has 1 unspecified atom stereocenters. The Balaban J connectivity index is 2.19. The van der Waals surface area contributed by atoms with Crippen molar-refractivity contribution in [2.24, 2.45) is 10.9 Å². The molecule has 1 aliphatic rings. The van der Waals surface area contributed by atoms with Gasteiger partial charge in [-0.05, 0) is 0 Å². The van der Waals surface area contributed by atoms with Crippen molar-refractivity contribution in [3.63, 3.8) is 0 Å². The number of hydrogen-bond acceptors (Lipinski definition) is 4. The highest BCUT2D eigenvalue weighted by Gasteiger charge is 2.33. The van der Waals surface area contributed by atoms with Crippen LogP contribution in [0.15, 0.2) is 5.16 Å². The summed E-state index contributed by atoms with van der Waals surface area (Å²) in [6, 6.07) is 0. The number of rotatable bonds is 5. The van der Waals surface area contributed by atoms with E-state index in [1.54, 1.807) is 0 Å². The quantitative estimate of drug-likeness (QED) is 0.675. The molecule has 0 saturated heterocycles. The van der Waals surface area contributed by atoms with Crippen molar-refractivity contribution in [3.05, 3.63) is 0 Å². The molecule has 88 valence electrons. The number of nitrogens with two attached hydrogens (primary N) is 1. The largest absolute Gasteiger partial charge is 0.394 e. The molecule has 0 aliphatic carbocycles. The molecule has 0 aromatic heterocycles. The second kappa shape index (κ2) is 5.32. The fourth-order valence-corrected chi connectivity index (χ4v) is 1.30. The second-order valence-electron chi connectivity index (χ2n) is 3.37. The predicted molar refractivity (Wildman–Crippen MR) is 49.5 cm³/mol. The molecular formula is C8H14F3N3O. The molecule has 15 heavy (non-hydrogen) atoms. The van der Waals surface area contributed by atoms with Crippen molar-refractivity contribution in [1.82, 2.24) is 5.32 Å². The molecule has 0 saturated carbocycles. The number of oxime groups is 1. The Morgan fingerprint density at radius 3 is 2.87 bits per heavy atom. The van der Waals surface area contributed by atoms with E-state index >= 15 is 0 Å². The van der Waals surface area contributed by atoms with Gasteiger partial charge in [0, 0.05) is 26.1 Å². The maximum absolute atomic E-state index is 12.0. The molecular weight excluding hydrogens is 211 g/mol. The normalized spacial score (nSPS) is 21.3. The van der Waals surface area contributed by atoms with Gasteiger partial charge in [0.25, 0.3) is 0 Å². The van der Waals surface area contributed by atoms with Gasteiger partial charge in [-0.2, -0.15) is 13.2 Å². The summed E-state index contributed by atoms with van der Waals surface area (Å²) in [5.41, 5.74) is 5.30. The standard InChI is InChI=1S/C8H14F3N3O/c9-8(10,11)4-6-3-7(15-14-6)5-13-2-1-12/h7,13H,1-5,12H2. The Morgan fingerprint density at radius 2 is 2.27 bits per heavy atom. The molecule has 0 radical (unpaired) electrons. The van der Waals surface area contributed by atoms with E-state index in [4.69, 9.17) is 10.6 Å². The molecule has 1 aliphatic heterocycles. The van der Waals surface area contributed by atoms with Gasteiger partial charge < -0.3 is 15.9 Å². The summed E-state index contributed by atoms with van der Waals surface area (Å²) < 4.78 is 35.9. The third-order valence-electron chi connectivity index (χ3n) is 1.89. The monoisotopic (exact) mass is 225 g/mol. The molecule has 1 rings (SSSR count). The Hall–Kier alpha value is -0.820. The molecule has 7 heteroatoms. The van der Waals surface area contributed by atoms with E-state index in [-0.39, 0.29) is 18.2 Å². The van der Waals surface area contributed by atoms with Crippen LogP contribution in [0.5, 0.6) is 0 Å². The second-order valence-corrected chi connectivity index (χ2v) is 3.37. The summed E-state index contributed by atoms with van der Waals surface area (Å²) in [7, 11) is 0. The zero-order valence-corrected chi connectivity index (χ0v) is 8.18. The van der Waals surface area contributed by atoms with Crippen LogP contribution in [0.4, 0.5) is 13.2 Å². The van der Waals surface area contributed by atoms with Gasteiger partial charge in [0.05, 0.1) is 12.1 Å². The van der Waals surface area contributed by atoms with Crippen LogP contribution in [-0.4, -0.2) is 37.6 Å². The van der Waals surface area contributed by atoms with Gasteiger partial charge >= 0.3 is 6.18 Å². The zero-order chi connectivity index (χ0) is 11.3. The highest BCUT2D eigenvalue weighted by atomic mass is 19.4. The fourth-order valence-electron chi connectivity index (χ4n) is 1.30. The number of nitrogens with zero attached hydrogens (tertiary/aromatic N) is 1. The van der Waals surface area contributed by atoms with E-state index in [0.29, 0.717) is 19.6 Å². The first-order valence-corrected chi connectivity index (χ1v) is 4.70. The van der Waals surface area contributed by atoms with Crippen molar-refractivity contribution in [3.8, 4) is 0 Å². The van der Waals surface area contributed by atoms with E-state index < -0.39 is 12.6 Å². The average molecular weight is 225 g/mol. The first-order valence-electron chi connectivity index (χ1n) is 4.70. The minimum absolute atomic E-state index is 0.0575. The van der Waals surface area contributed by atoms with Crippen LogP contribution in [0.1, 0.15) is 12.8 Å². The van der Waals surface area contributed by atoms with Gasteiger partial charge in [-0.1, -0.05) is 5.16 Å². The molecule has 0 fully saturated rings. The number of alkyl halides is 3. The molecule has 0 bridgehead atoms. The molecule has 0 aromatic carbocycles. The lowest BCUT2D eigenvalue weighted by Gasteiger charge is -2.08. The topological polar surface area (TPSA) is 59.6 Å². The van der Waals surface area contributed by atoms with Crippen molar-refractivity contribution >= 4 is 5.71 Å². The van der Waals surface area contributed by atoms with Crippen molar-refractivity contribution in [2.75, 3.05) is 19.6 Å². The molecule has 0 aromatic rings. The van der Waals surface area contributed by atoms with Crippen molar-refractivity contribution in [2.45, 2.75) is 25.1 Å². The summed E-state index contributed by atoms with van der Waals surface area (Å²) in [4.78, 5) is 4.84. The SMILES string of the molecule is NCCNCC1CC(CC(F)(F)F)=NO1. The van der Waals surface area contributed by atoms with Gasteiger partial charge in [-0.15, -0.1) is 0 Å². The lowest BCUT2D eigenvalue weighted by molar-refractivity contribution is -0.121. The summed E-state index contributed by atoms with van der Waals surface area (Å²) in [5.74, 6) is 0. The first kappa shape index (κ1) is 12.3. The van der Waals surface area contributed by atoms with Crippen LogP contribution in [0.25, 0.3) is 0 Å². The first-order chi connectivity index (χ1) is 7.01. The van der Waals surface area contributed by atoms with E-state index in [0.717, 1.165) is 0 Å². The number of hydrogen-bond donors (Lipinski definition) is 2. The Labute approximate surface area is 85.6 Å². The summed E-state index contributed by atoms with van der Waals surface area (Å²) >= 11 is 0. The summed E-state index contributed by atoms with van der Waals surface area (Å²) in [5, 5.41) is 6.36. The number of halogens is 3. The lowest BCUT2D eigenvalue weighted by Crippen LogP contribution is -2.31. The van der Waals surface area contributed by atoms with E-state index in [1.165, 1.54) is 0 Å². The zero-order valence-electron chi connectivity index (χ0n) is 8.18. The summed E-state index contributed by atoms with van der Waals surface area (Å²) in [6.45, 7) is 1.58. The molecule has 1 heterocycles. The lowest BCUT2D eigenvalue weighted by atomic mass is 10.1. The van der Waals surface area contributed by atoms with Gasteiger partial charge in [0.1, 0.15) is 6.10 Å². The van der Waals surface area contributed by atoms with E-state index in [1.807, 2.05) is 0 Å². The molecule has 3 N–H and O–H groups in total. The third kappa shape index (κ3) is 4.98. The molecule has 0 spiro atoms. The van der Waals surface area contributed by atoms with Crippen LogP contribution in [0.2, 0.25) is 0 Å². The highest BCUT2D eigenvalue weighted by Crippen LogP contribution is 2.24. The van der Waals surface area contributed by atoms with Gasteiger partial charge in [-0.25, -0.2) is 0 Å². The Morgan fingerprint density at radius 1 is 1.53 bits per heavy atom. The highest BCUT2D eigenvalue weighted by molar-refractivity contribution is 5.86. The summed E-state index contributed by atoms with van der Waals surface area (Å²) in [6.07, 6.45) is -5.26. The Kier molecular flexibility index (Phi) is 4.34. The van der Waals surface area contributed by atoms with Gasteiger partial charge in [0.15, 0.2) is 0 Å². The van der Waals surface area contributed by atoms with Crippen LogP contribution in [-0.2, 0) is 4.84 Å². The van der Waals surface area contributed by atoms with Crippen LogP contribution < -0.4 is 11.1 Å². The van der Waals surface area contributed by atoms with Crippen LogP contribution >= 0.6 is 0 Å². The third-order valence-corrected chi connectivity index (χ3v) is 1.89. The predicted octanol–water partition coefficient (Wildman–Crippen LogP) is 0.632. The fraction of sp³-hybridized carbons (Fsp3) is 0.875. The molecule has 0 amide bonds. The van der Waals surface area contributed by atoms with Gasteiger partial charge in [0.2, 0.25) is 0 Å². The van der Waals surface area contributed by atoms with Crippen LogP contribution in [0.3, 0.4) is 0 Å². The minimum atomic E-state index is -4.21. The van der Waals surface area contributed by atoms with E-state index in [9.17, 15) is 13.2 Å². The molecule has 1 atom stereocenters.